The van der Waals surface area contributed by atoms with Crippen LogP contribution in [0.15, 0.2) is 30.3 Å². The predicted molar refractivity (Wildman–Crippen MR) is 80.7 cm³/mol. The fraction of sp³-hybridized carbons (Fsp3) is 0.312. The maximum absolute atomic E-state index is 12.7. The second-order valence-corrected chi connectivity index (χ2v) is 5.34. The summed E-state index contributed by atoms with van der Waals surface area (Å²) in [4.78, 5) is 23.0. The lowest BCUT2D eigenvalue weighted by molar-refractivity contribution is 0.0744. The van der Waals surface area contributed by atoms with Gasteiger partial charge < -0.3 is 10.6 Å². The summed E-state index contributed by atoms with van der Waals surface area (Å²) < 4.78 is 0. The average molecular weight is 282 g/mol. The van der Waals surface area contributed by atoms with Crippen LogP contribution in [0.25, 0.3) is 0 Å². The number of aryl methyl sites for hydroxylation is 2. The van der Waals surface area contributed by atoms with Crippen LogP contribution in [-0.4, -0.2) is 27.3 Å². The summed E-state index contributed by atoms with van der Waals surface area (Å²) in [6.07, 6.45) is 1.87. The van der Waals surface area contributed by atoms with Gasteiger partial charge in [-0.1, -0.05) is 18.2 Å². The molecular formula is C16H18N4O. The van der Waals surface area contributed by atoms with Gasteiger partial charge >= 0.3 is 0 Å². The summed E-state index contributed by atoms with van der Waals surface area (Å²) in [5.41, 5.74) is 8.48. The SMILES string of the molecule is Cc1cc(N)nc(CN2CCCc3ccccc3C2=O)n1. The second kappa shape index (κ2) is 5.52. The fourth-order valence-electron chi connectivity index (χ4n) is 2.73. The largest absolute Gasteiger partial charge is 0.384 e. The van der Waals surface area contributed by atoms with E-state index in [1.807, 2.05) is 31.2 Å². The van der Waals surface area contributed by atoms with Crippen LogP contribution in [0.1, 0.15) is 33.9 Å². The standard InChI is InChI=1S/C16H18N4O/c1-11-9-14(17)19-15(18-11)10-20-8-4-6-12-5-2-3-7-13(12)16(20)21/h2-3,5,7,9H,4,6,8,10H2,1H3,(H2,17,18,19). The molecule has 1 aliphatic heterocycles. The van der Waals surface area contributed by atoms with E-state index >= 15 is 0 Å². The fourth-order valence-corrected chi connectivity index (χ4v) is 2.73. The summed E-state index contributed by atoms with van der Waals surface area (Å²) >= 11 is 0. The van der Waals surface area contributed by atoms with Gasteiger partial charge in [-0.25, -0.2) is 9.97 Å². The van der Waals surface area contributed by atoms with E-state index in [0.717, 1.165) is 29.7 Å². The van der Waals surface area contributed by atoms with Gasteiger partial charge in [0.2, 0.25) is 0 Å². The first-order valence-electron chi connectivity index (χ1n) is 7.11. The van der Waals surface area contributed by atoms with Gasteiger partial charge in [-0.3, -0.25) is 4.79 Å². The van der Waals surface area contributed by atoms with Crippen molar-refractivity contribution in [1.82, 2.24) is 14.9 Å². The molecule has 1 aromatic carbocycles. The van der Waals surface area contributed by atoms with E-state index < -0.39 is 0 Å². The molecule has 0 saturated heterocycles. The second-order valence-electron chi connectivity index (χ2n) is 5.34. The highest BCUT2D eigenvalue weighted by Gasteiger charge is 2.22. The first kappa shape index (κ1) is 13.5. The minimum atomic E-state index is 0.0479. The van der Waals surface area contributed by atoms with E-state index in [2.05, 4.69) is 9.97 Å². The molecule has 5 nitrogen and oxygen atoms in total. The first-order valence-corrected chi connectivity index (χ1v) is 7.11. The van der Waals surface area contributed by atoms with Crippen LogP contribution in [0.4, 0.5) is 5.82 Å². The van der Waals surface area contributed by atoms with Crippen LogP contribution in [-0.2, 0) is 13.0 Å². The molecule has 0 spiro atoms. The number of nitrogens with zero attached hydrogens (tertiary/aromatic N) is 3. The van der Waals surface area contributed by atoms with Crippen LogP contribution >= 0.6 is 0 Å². The third kappa shape index (κ3) is 2.86. The van der Waals surface area contributed by atoms with Crippen molar-refractivity contribution in [3.63, 3.8) is 0 Å². The Kier molecular flexibility index (Phi) is 3.56. The number of carbonyl (C=O) groups excluding carboxylic acids is 1. The molecule has 21 heavy (non-hydrogen) atoms. The van der Waals surface area contributed by atoms with E-state index in [0.29, 0.717) is 24.7 Å². The number of benzene rings is 1. The molecule has 1 amide bonds. The molecular weight excluding hydrogens is 264 g/mol. The first-order chi connectivity index (χ1) is 10.1. The van der Waals surface area contributed by atoms with Crippen molar-refractivity contribution < 1.29 is 4.79 Å². The lowest BCUT2D eigenvalue weighted by Gasteiger charge is -2.20. The van der Waals surface area contributed by atoms with Gasteiger partial charge in [0.15, 0.2) is 0 Å². The summed E-state index contributed by atoms with van der Waals surface area (Å²) in [6.45, 7) is 2.99. The number of hydrogen-bond acceptors (Lipinski definition) is 4. The highest BCUT2D eigenvalue weighted by Crippen LogP contribution is 2.19. The number of hydrogen-bond donors (Lipinski definition) is 1. The van der Waals surface area contributed by atoms with Crippen molar-refractivity contribution in [1.29, 1.82) is 0 Å². The minimum absolute atomic E-state index is 0.0479. The van der Waals surface area contributed by atoms with E-state index in [9.17, 15) is 4.79 Å². The molecule has 0 bridgehead atoms. The van der Waals surface area contributed by atoms with Crippen LogP contribution in [0.5, 0.6) is 0 Å². The zero-order valence-electron chi connectivity index (χ0n) is 12.0. The van der Waals surface area contributed by atoms with Crippen LogP contribution in [0.3, 0.4) is 0 Å². The lowest BCUT2D eigenvalue weighted by atomic mass is 10.0. The number of amides is 1. The number of nitrogen functional groups attached to an aromatic ring is 1. The zero-order valence-corrected chi connectivity index (χ0v) is 12.0. The maximum Gasteiger partial charge on any atom is 0.254 e. The van der Waals surface area contributed by atoms with Gasteiger partial charge in [-0.15, -0.1) is 0 Å². The molecule has 0 fully saturated rings. The third-order valence-corrected chi connectivity index (χ3v) is 3.66. The van der Waals surface area contributed by atoms with E-state index in [-0.39, 0.29) is 5.91 Å². The Hall–Kier alpha value is -2.43. The predicted octanol–water partition coefficient (Wildman–Crippen LogP) is 1.96. The maximum atomic E-state index is 12.7. The Balaban J connectivity index is 1.87. The topological polar surface area (TPSA) is 72.1 Å². The number of carbonyl (C=O) groups is 1. The van der Waals surface area contributed by atoms with Gasteiger partial charge in [0.1, 0.15) is 11.6 Å². The molecule has 2 aromatic rings. The van der Waals surface area contributed by atoms with Gasteiger partial charge in [0.25, 0.3) is 5.91 Å². The molecule has 108 valence electrons. The van der Waals surface area contributed by atoms with Crippen LogP contribution < -0.4 is 5.73 Å². The summed E-state index contributed by atoms with van der Waals surface area (Å²) in [5.74, 6) is 1.09. The smallest absolute Gasteiger partial charge is 0.254 e. The van der Waals surface area contributed by atoms with Crippen molar-refractivity contribution in [3.05, 3.63) is 53.0 Å². The van der Waals surface area contributed by atoms with E-state index in [1.54, 1.807) is 11.0 Å². The number of anilines is 1. The highest BCUT2D eigenvalue weighted by atomic mass is 16.2. The van der Waals surface area contributed by atoms with Crippen LogP contribution in [0, 0.1) is 6.92 Å². The number of nitrogens with two attached hydrogens (primary N) is 1. The number of fused-ring (bicyclic) bond motifs is 1. The van der Waals surface area contributed by atoms with Crippen molar-refractivity contribution in [2.45, 2.75) is 26.3 Å². The molecule has 2 N–H and O–H groups in total. The number of aromatic nitrogens is 2. The molecule has 0 unspecified atom stereocenters. The molecule has 0 aliphatic carbocycles. The van der Waals surface area contributed by atoms with E-state index in [4.69, 9.17) is 5.73 Å². The average Bonchev–Trinajstić information content (AvgIpc) is 2.59. The lowest BCUT2D eigenvalue weighted by Crippen LogP contribution is -2.31. The Bertz CT molecular complexity index is 663. The summed E-state index contributed by atoms with van der Waals surface area (Å²) in [5, 5.41) is 0. The molecule has 0 atom stereocenters. The van der Waals surface area contributed by atoms with Gasteiger partial charge in [-0.05, 0) is 31.4 Å². The quantitative estimate of drug-likeness (QED) is 0.914. The monoisotopic (exact) mass is 282 g/mol. The van der Waals surface area contributed by atoms with E-state index in [1.165, 1.54) is 0 Å². The molecule has 0 radical (unpaired) electrons. The zero-order chi connectivity index (χ0) is 14.8. The van der Waals surface area contributed by atoms with Gasteiger partial charge in [0.05, 0.1) is 6.54 Å². The third-order valence-electron chi connectivity index (χ3n) is 3.66. The van der Waals surface area contributed by atoms with Crippen molar-refractivity contribution >= 4 is 11.7 Å². The molecule has 2 heterocycles. The normalized spacial score (nSPS) is 14.7. The number of rotatable bonds is 2. The van der Waals surface area contributed by atoms with Gasteiger partial charge in [-0.2, -0.15) is 0 Å². The summed E-state index contributed by atoms with van der Waals surface area (Å²) in [6, 6.07) is 9.52. The molecule has 1 aromatic heterocycles. The van der Waals surface area contributed by atoms with Crippen molar-refractivity contribution in [2.75, 3.05) is 12.3 Å². The van der Waals surface area contributed by atoms with Crippen molar-refractivity contribution in [2.24, 2.45) is 0 Å². The Morgan fingerprint density at radius 1 is 1.29 bits per heavy atom. The molecule has 0 saturated carbocycles. The highest BCUT2D eigenvalue weighted by molar-refractivity contribution is 5.96. The Labute approximate surface area is 123 Å². The van der Waals surface area contributed by atoms with Crippen molar-refractivity contribution in [3.8, 4) is 0 Å². The van der Waals surface area contributed by atoms with Crippen LogP contribution in [0.2, 0.25) is 0 Å². The Morgan fingerprint density at radius 2 is 2.10 bits per heavy atom. The summed E-state index contributed by atoms with van der Waals surface area (Å²) in [7, 11) is 0. The molecule has 3 rings (SSSR count). The minimum Gasteiger partial charge on any atom is -0.384 e. The molecule has 1 aliphatic rings. The Morgan fingerprint density at radius 3 is 2.90 bits per heavy atom. The molecule has 5 heteroatoms. The van der Waals surface area contributed by atoms with Gasteiger partial charge in [0, 0.05) is 23.9 Å².